The van der Waals surface area contributed by atoms with Crippen molar-refractivity contribution in [2.24, 2.45) is 5.92 Å². The van der Waals surface area contributed by atoms with Gasteiger partial charge in [0.05, 0.1) is 6.61 Å². The van der Waals surface area contributed by atoms with E-state index in [1.807, 2.05) is 36.7 Å². The molecule has 1 aromatic carbocycles. The molecule has 0 N–H and O–H groups in total. The number of aromatic nitrogens is 2. The Morgan fingerprint density at radius 2 is 1.63 bits per heavy atom. The minimum atomic E-state index is 0.785. The van der Waals surface area contributed by atoms with Gasteiger partial charge in [0, 0.05) is 18.0 Å². The summed E-state index contributed by atoms with van der Waals surface area (Å²) in [5.74, 6) is 2.54. The molecule has 1 atom stereocenters. The average Bonchev–Trinajstić information content (AvgIpc) is 2.72. The van der Waals surface area contributed by atoms with E-state index in [0.29, 0.717) is 0 Å². The van der Waals surface area contributed by atoms with Gasteiger partial charge in [-0.15, -0.1) is 0 Å². The summed E-state index contributed by atoms with van der Waals surface area (Å²) in [7, 11) is 0. The number of rotatable bonds is 13. The molecule has 3 heteroatoms. The number of unbranched alkanes of at least 4 members (excludes halogenated alkanes) is 4. The van der Waals surface area contributed by atoms with Crippen molar-refractivity contribution in [3.63, 3.8) is 0 Å². The highest BCUT2D eigenvalue weighted by atomic mass is 16.5. The van der Waals surface area contributed by atoms with E-state index >= 15 is 0 Å². The van der Waals surface area contributed by atoms with Crippen molar-refractivity contribution < 1.29 is 4.74 Å². The molecule has 0 aliphatic rings. The lowest BCUT2D eigenvalue weighted by Crippen LogP contribution is -1.99. The number of benzene rings is 1. The van der Waals surface area contributed by atoms with Gasteiger partial charge in [-0.2, -0.15) is 0 Å². The highest BCUT2D eigenvalue weighted by Crippen LogP contribution is 2.20. The quantitative estimate of drug-likeness (QED) is 0.362. The number of hydrogen-bond acceptors (Lipinski definition) is 3. The molecule has 3 nitrogen and oxygen atoms in total. The van der Waals surface area contributed by atoms with Crippen LogP contribution in [0.2, 0.25) is 0 Å². The van der Waals surface area contributed by atoms with Crippen molar-refractivity contribution in [2.45, 2.75) is 78.6 Å². The maximum absolute atomic E-state index is 5.85. The van der Waals surface area contributed by atoms with Crippen molar-refractivity contribution in [2.75, 3.05) is 6.61 Å². The van der Waals surface area contributed by atoms with E-state index in [0.717, 1.165) is 42.5 Å². The van der Waals surface area contributed by atoms with E-state index < -0.39 is 0 Å². The van der Waals surface area contributed by atoms with Crippen LogP contribution in [0.1, 0.15) is 77.7 Å². The van der Waals surface area contributed by atoms with Crippen LogP contribution < -0.4 is 4.74 Å². The third-order valence-electron chi connectivity index (χ3n) is 5.19. The molecule has 2 aromatic rings. The third-order valence-corrected chi connectivity index (χ3v) is 5.19. The van der Waals surface area contributed by atoms with Crippen molar-refractivity contribution in [3.8, 4) is 17.1 Å². The van der Waals surface area contributed by atoms with Crippen molar-refractivity contribution in [3.05, 3.63) is 42.2 Å². The standard InChI is InChI=1S/C24H36N2O/c1-4-6-7-8-12-21-18-25-24(26-19-21)22-13-15-23(16-14-22)27-17-10-9-11-20(3)5-2/h13-16,18-20H,4-12,17H2,1-3H3. The zero-order valence-corrected chi connectivity index (χ0v) is 17.4. The van der Waals surface area contributed by atoms with Crippen LogP contribution >= 0.6 is 0 Å². The highest BCUT2D eigenvalue weighted by molar-refractivity contribution is 5.55. The van der Waals surface area contributed by atoms with Crippen LogP contribution in [-0.4, -0.2) is 16.6 Å². The molecule has 0 amide bonds. The van der Waals surface area contributed by atoms with Crippen molar-refractivity contribution in [1.29, 1.82) is 0 Å². The first-order valence-corrected chi connectivity index (χ1v) is 10.8. The number of ether oxygens (including phenoxy) is 1. The maximum Gasteiger partial charge on any atom is 0.159 e. The summed E-state index contributed by atoms with van der Waals surface area (Å²) < 4.78 is 5.85. The first-order chi connectivity index (χ1) is 13.2. The molecule has 0 aliphatic carbocycles. The Labute approximate surface area is 165 Å². The van der Waals surface area contributed by atoms with Crippen LogP contribution in [0.4, 0.5) is 0 Å². The highest BCUT2D eigenvalue weighted by Gasteiger charge is 2.03. The van der Waals surface area contributed by atoms with Crippen molar-refractivity contribution in [1.82, 2.24) is 9.97 Å². The topological polar surface area (TPSA) is 35.0 Å². The first-order valence-electron chi connectivity index (χ1n) is 10.8. The molecule has 1 aromatic heterocycles. The van der Waals surface area contributed by atoms with E-state index in [2.05, 4.69) is 30.7 Å². The second-order valence-corrected chi connectivity index (χ2v) is 7.61. The fourth-order valence-corrected chi connectivity index (χ4v) is 3.08. The lowest BCUT2D eigenvalue weighted by molar-refractivity contribution is 0.300. The first kappa shape index (κ1) is 21.4. The molecular formula is C24H36N2O. The van der Waals surface area contributed by atoms with Crippen LogP contribution in [0, 0.1) is 5.92 Å². The Kier molecular flexibility index (Phi) is 9.89. The molecule has 0 spiro atoms. The predicted octanol–water partition coefficient (Wildman–Crippen LogP) is 6.86. The smallest absolute Gasteiger partial charge is 0.159 e. The van der Waals surface area contributed by atoms with Gasteiger partial charge < -0.3 is 4.74 Å². The summed E-state index contributed by atoms with van der Waals surface area (Å²) >= 11 is 0. The summed E-state index contributed by atoms with van der Waals surface area (Å²) in [6, 6.07) is 8.13. The molecule has 0 fully saturated rings. The number of nitrogens with zero attached hydrogens (tertiary/aromatic N) is 2. The van der Waals surface area contributed by atoms with Crippen LogP contribution in [0.3, 0.4) is 0 Å². The van der Waals surface area contributed by atoms with Crippen LogP contribution in [-0.2, 0) is 6.42 Å². The van der Waals surface area contributed by atoms with Crippen LogP contribution in [0.15, 0.2) is 36.7 Å². The molecule has 148 valence electrons. The maximum atomic E-state index is 5.85. The van der Waals surface area contributed by atoms with Gasteiger partial charge in [0.15, 0.2) is 5.82 Å². The largest absolute Gasteiger partial charge is 0.494 e. The van der Waals surface area contributed by atoms with E-state index in [4.69, 9.17) is 4.74 Å². The molecule has 0 radical (unpaired) electrons. The SMILES string of the molecule is CCCCCCc1cnc(-c2ccc(OCCCCC(C)CC)cc2)nc1. The minimum absolute atomic E-state index is 0.785. The van der Waals surface area contributed by atoms with Gasteiger partial charge in [-0.25, -0.2) is 9.97 Å². The van der Waals surface area contributed by atoms with Gasteiger partial charge in [-0.05, 0) is 61.4 Å². The molecule has 1 heterocycles. The minimum Gasteiger partial charge on any atom is -0.494 e. The molecule has 0 bridgehead atoms. The second-order valence-electron chi connectivity index (χ2n) is 7.61. The normalized spacial score (nSPS) is 12.1. The fraction of sp³-hybridized carbons (Fsp3) is 0.583. The summed E-state index contributed by atoms with van der Waals surface area (Å²) in [6.07, 6.45) is 15.0. The summed E-state index contributed by atoms with van der Waals surface area (Å²) in [6.45, 7) is 7.61. The zero-order chi connectivity index (χ0) is 19.3. The van der Waals surface area contributed by atoms with E-state index in [-0.39, 0.29) is 0 Å². The van der Waals surface area contributed by atoms with E-state index in [9.17, 15) is 0 Å². The fourth-order valence-electron chi connectivity index (χ4n) is 3.08. The molecule has 2 rings (SSSR count). The number of hydrogen-bond donors (Lipinski definition) is 0. The molecule has 1 unspecified atom stereocenters. The van der Waals surface area contributed by atoms with Gasteiger partial charge in [-0.1, -0.05) is 52.9 Å². The monoisotopic (exact) mass is 368 g/mol. The average molecular weight is 369 g/mol. The molecular weight excluding hydrogens is 332 g/mol. The Morgan fingerprint density at radius 3 is 2.30 bits per heavy atom. The molecule has 27 heavy (non-hydrogen) atoms. The van der Waals surface area contributed by atoms with E-state index in [1.165, 1.54) is 50.5 Å². The zero-order valence-electron chi connectivity index (χ0n) is 17.4. The predicted molar refractivity (Wildman–Crippen MR) is 114 cm³/mol. The number of aryl methyl sites for hydroxylation is 1. The summed E-state index contributed by atoms with van der Waals surface area (Å²) in [5.41, 5.74) is 2.27. The Bertz CT molecular complexity index is 622. The molecule has 0 aliphatic heterocycles. The summed E-state index contributed by atoms with van der Waals surface area (Å²) in [4.78, 5) is 9.07. The van der Waals surface area contributed by atoms with Gasteiger partial charge in [0.2, 0.25) is 0 Å². The van der Waals surface area contributed by atoms with Crippen LogP contribution in [0.25, 0.3) is 11.4 Å². The summed E-state index contributed by atoms with van der Waals surface area (Å²) in [5, 5.41) is 0. The molecule has 0 saturated heterocycles. The van der Waals surface area contributed by atoms with E-state index in [1.54, 1.807) is 0 Å². The van der Waals surface area contributed by atoms with Gasteiger partial charge in [0.1, 0.15) is 5.75 Å². The lowest BCUT2D eigenvalue weighted by Gasteiger charge is -2.09. The van der Waals surface area contributed by atoms with Gasteiger partial charge in [-0.3, -0.25) is 0 Å². The lowest BCUT2D eigenvalue weighted by atomic mass is 10.0. The van der Waals surface area contributed by atoms with Gasteiger partial charge >= 0.3 is 0 Å². The molecule has 0 saturated carbocycles. The van der Waals surface area contributed by atoms with Gasteiger partial charge in [0.25, 0.3) is 0 Å². The Morgan fingerprint density at radius 1 is 0.889 bits per heavy atom. The Hall–Kier alpha value is -1.90. The Balaban J connectivity index is 1.75. The second kappa shape index (κ2) is 12.5. The van der Waals surface area contributed by atoms with Crippen LogP contribution in [0.5, 0.6) is 5.75 Å². The third kappa shape index (κ3) is 8.11. The van der Waals surface area contributed by atoms with Crippen molar-refractivity contribution >= 4 is 0 Å².